The summed E-state index contributed by atoms with van der Waals surface area (Å²) in [4.78, 5) is 23.7. The molecule has 0 unspecified atom stereocenters. The van der Waals surface area contributed by atoms with Crippen molar-refractivity contribution < 1.29 is 9.18 Å². The van der Waals surface area contributed by atoms with E-state index in [1.54, 1.807) is 12.1 Å². The largest absolute Gasteiger partial charge is 0.350 e. The molecule has 0 bridgehead atoms. The summed E-state index contributed by atoms with van der Waals surface area (Å²) >= 11 is 0. The molecule has 0 fully saturated rings. The van der Waals surface area contributed by atoms with Crippen LogP contribution in [-0.2, 0) is 13.0 Å². The second kappa shape index (κ2) is 8.22. The molecule has 0 saturated heterocycles. The van der Waals surface area contributed by atoms with Crippen LogP contribution >= 0.6 is 0 Å². The van der Waals surface area contributed by atoms with E-state index in [4.69, 9.17) is 0 Å². The summed E-state index contributed by atoms with van der Waals surface area (Å²) < 4.78 is 14.1. The number of aryl methyl sites for hydroxylation is 1. The van der Waals surface area contributed by atoms with Gasteiger partial charge in [0.25, 0.3) is 11.5 Å². The lowest BCUT2D eigenvalue weighted by Gasteiger charge is -2.07. The second-order valence-corrected chi connectivity index (χ2v) is 5.27. The van der Waals surface area contributed by atoms with Crippen LogP contribution in [0.15, 0.2) is 41.2 Å². The third kappa shape index (κ3) is 5.02. The van der Waals surface area contributed by atoms with Crippen molar-refractivity contribution in [3.8, 4) is 0 Å². The molecule has 2 aromatic rings. The second-order valence-electron chi connectivity index (χ2n) is 5.27. The zero-order valence-electron chi connectivity index (χ0n) is 13.1. The molecule has 5 nitrogen and oxygen atoms in total. The van der Waals surface area contributed by atoms with Gasteiger partial charge in [0.1, 0.15) is 11.5 Å². The van der Waals surface area contributed by atoms with Gasteiger partial charge in [0, 0.05) is 19.2 Å². The first-order valence-electron chi connectivity index (χ1n) is 7.71. The maximum absolute atomic E-state index is 12.8. The summed E-state index contributed by atoms with van der Waals surface area (Å²) in [6.45, 7) is 2.95. The van der Waals surface area contributed by atoms with Crippen LogP contribution in [0, 0.1) is 5.82 Å². The van der Waals surface area contributed by atoms with Crippen molar-refractivity contribution in [3.63, 3.8) is 0 Å². The smallest absolute Gasteiger partial charge is 0.271 e. The number of nitrogens with zero attached hydrogens (tertiary/aromatic N) is 2. The highest BCUT2D eigenvalue weighted by molar-refractivity contribution is 5.91. The molecule has 23 heavy (non-hydrogen) atoms. The molecule has 1 aromatic carbocycles. The van der Waals surface area contributed by atoms with Gasteiger partial charge in [-0.05, 0) is 36.6 Å². The van der Waals surface area contributed by atoms with Crippen LogP contribution in [0.1, 0.15) is 35.8 Å². The van der Waals surface area contributed by atoms with Crippen LogP contribution in [0.25, 0.3) is 0 Å². The van der Waals surface area contributed by atoms with Gasteiger partial charge < -0.3 is 5.32 Å². The SMILES string of the molecule is CCCCn1nc(C(=O)NCCc2ccc(F)cc2)ccc1=O. The molecule has 122 valence electrons. The first kappa shape index (κ1) is 16.9. The number of hydrogen-bond acceptors (Lipinski definition) is 3. The molecule has 0 aliphatic heterocycles. The van der Waals surface area contributed by atoms with Gasteiger partial charge >= 0.3 is 0 Å². The lowest BCUT2D eigenvalue weighted by Crippen LogP contribution is -2.30. The predicted molar refractivity (Wildman–Crippen MR) is 85.8 cm³/mol. The van der Waals surface area contributed by atoms with Gasteiger partial charge in [0.2, 0.25) is 0 Å². The Labute approximate surface area is 134 Å². The number of halogens is 1. The number of hydrogen-bond donors (Lipinski definition) is 1. The number of unbranched alkanes of at least 4 members (excludes halogenated alkanes) is 1. The Balaban J connectivity index is 1.92. The van der Waals surface area contributed by atoms with Crippen LogP contribution in [0.3, 0.4) is 0 Å². The monoisotopic (exact) mass is 317 g/mol. The van der Waals surface area contributed by atoms with E-state index < -0.39 is 0 Å². The quantitative estimate of drug-likeness (QED) is 0.851. The number of nitrogens with one attached hydrogen (secondary N) is 1. The van der Waals surface area contributed by atoms with Crippen LogP contribution in [0.5, 0.6) is 0 Å². The highest BCUT2D eigenvalue weighted by atomic mass is 19.1. The van der Waals surface area contributed by atoms with Crippen molar-refractivity contribution in [1.29, 1.82) is 0 Å². The molecule has 0 saturated carbocycles. The first-order valence-corrected chi connectivity index (χ1v) is 7.71. The molecule has 6 heteroatoms. The molecular formula is C17H20FN3O2. The third-order valence-electron chi connectivity index (χ3n) is 3.44. The Kier molecular flexibility index (Phi) is 6.02. The molecule has 1 amide bonds. The molecule has 0 radical (unpaired) electrons. The Morgan fingerprint density at radius 2 is 1.96 bits per heavy atom. The van der Waals surface area contributed by atoms with Gasteiger partial charge in [-0.1, -0.05) is 25.5 Å². The van der Waals surface area contributed by atoms with E-state index in [9.17, 15) is 14.0 Å². The van der Waals surface area contributed by atoms with Crippen molar-refractivity contribution in [1.82, 2.24) is 15.1 Å². The molecule has 0 spiro atoms. The van der Waals surface area contributed by atoms with E-state index in [1.165, 1.54) is 28.9 Å². The highest BCUT2D eigenvalue weighted by Crippen LogP contribution is 2.03. The number of rotatable bonds is 7. The van der Waals surface area contributed by atoms with Crippen LogP contribution in [0.2, 0.25) is 0 Å². The lowest BCUT2D eigenvalue weighted by atomic mass is 10.1. The Hall–Kier alpha value is -2.50. The Morgan fingerprint density at radius 1 is 1.22 bits per heavy atom. The normalized spacial score (nSPS) is 10.5. The Morgan fingerprint density at radius 3 is 2.65 bits per heavy atom. The fourth-order valence-corrected chi connectivity index (χ4v) is 2.10. The molecule has 0 aliphatic carbocycles. The minimum Gasteiger partial charge on any atom is -0.350 e. The van der Waals surface area contributed by atoms with E-state index in [0.29, 0.717) is 19.5 Å². The molecule has 0 aliphatic rings. The maximum atomic E-state index is 12.8. The number of carbonyl (C=O) groups excluding carboxylic acids is 1. The first-order chi connectivity index (χ1) is 11.1. The molecule has 2 rings (SSSR count). The van der Waals surface area contributed by atoms with Crippen molar-refractivity contribution >= 4 is 5.91 Å². The number of carbonyl (C=O) groups is 1. The molecule has 0 atom stereocenters. The fraction of sp³-hybridized carbons (Fsp3) is 0.353. The molecule has 1 N–H and O–H groups in total. The summed E-state index contributed by atoms with van der Waals surface area (Å²) in [5.41, 5.74) is 0.952. The maximum Gasteiger partial charge on any atom is 0.271 e. The van der Waals surface area contributed by atoms with E-state index in [-0.39, 0.29) is 23.0 Å². The summed E-state index contributed by atoms with van der Waals surface area (Å²) in [7, 11) is 0. The van der Waals surface area contributed by atoms with Gasteiger partial charge in [-0.2, -0.15) is 5.10 Å². The molecule has 1 aromatic heterocycles. The van der Waals surface area contributed by atoms with Crippen LogP contribution in [0.4, 0.5) is 4.39 Å². The van der Waals surface area contributed by atoms with Crippen molar-refractivity contribution in [2.45, 2.75) is 32.7 Å². The highest BCUT2D eigenvalue weighted by Gasteiger charge is 2.09. The lowest BCUT2D eigenvalue weighted by molar-refractivity contribution is 0.0946. The number of amides is 1. The average molecular weight is 317 g/mol. The van der Waals surface area contributed by atoms with Crippen LogP contribution < -0.4 is 10.9 Å². The van der Waals surface area contributed by atoms with Gasteiger partial charge in [0.05, 0.1) is 0 Å². The van der Waals surface area contributed by atoms with E-state index >= 15 is 0 Å². The van der Waals surface area contributed by atoms with Gasteiger partial charge in [0.15, 0.2) is 0 Å². The molecular weight excluding hydrogens is 297 g/mol. The fourth-order valence-electron chi connectivity index (χ4n) is 2.10. The average Bonchev–Trinajstić information content (AvgIpc) is 2.56. The van der Waals surface area contributed by atoms with E-state index in [1.807, 2.05) is 6.92 Å². The number of aromatic nitrogens is 2. The predicted octanol–water partition coefficient (Wildman–Crippen LogP) is 2.16. The topological polar surface area (TPSA) is 64.0 Å². The summed E-state index contributed by atoms with van der Waals surface area (Å²) in [5.74, 6) is -0.603. The third-order valence-corrected chi connectivity index (χ3v) is 3.44. The Bertz CT molecular complexity index is 711. The van der Waals surface area contributed by atoms with Crippen molar-refractivity contribution in [3.05, 3.63) is 63.8 Å². The zero-order chi connectivity index (χ0) is 16.7. The van der Waals surface area contributed by atoms with Gasteiger partial charge in [-0.25, -0.2) is 9.07 Å². The standard InChI is InChI=1S/C17H20FN3O2/c1-2-3-12-21-16(22)9-8-15(20-21)17(23)19-11-10-13-4-6-14(18)7-5-13/h4-9H,2-3,10-12H2,1H3,(H,19,23). The zero-order valence-corrected chi connectivity index (χ0v) is 13.1. The summed E-state index contributed by atoms with van der Waals surface area (Å²) in [6, 6.07) is 8.94. The van der Waals surface area contributed by atoms with Crippen molar-refractivity contribution in [2.75, 3.05) is 6.54 Å². The summed E-state index contributed by atoms with van der Waals surface area (Å²) in [6.07, 6.45) is 2.38. The van der Waals surface area contributed by atoms with E-state index in [0.717, 1.165) is 18.4 Å². The van der Waals surface area contributed by atoms with Crippen LogP contribution in [-0.4, -0.2) is 22.2 Å². The number of benzene rings is 1. The molecule has 1 heterocycles. The van der Waals surface area contributed by atoms with E-state index in [2.05, 4.69) is 10.4 Å². The minimum absolute atomic E-state index is 0.207. The van der Waals surface area contributed by atoms with Gasteiger partial charge in [-0.3, -0.25) is 9.59 Å². The van der Waals surface area contributed by atoms with Gasteiger partial charge in [-0.15, -0.1) is 0 Å². The summed E-state index contributed by atoms with van der Waals surface area (Å²) in [5, 5.41) is 6.84. The van der Waals surface area contributed by atoms with Crippen molar-refractivity contribution in [2.24, 2.45) is 0 Å². The minimum atomic E-state index is -0.322.